The van der Waals surface area contributed by atoms with Crippen LogP contribution in [0.5, 0.6) is 0 Å². The van der Waals surface area contributed by atoms with E-state index in [2.05, 4.69) is 12.6 Å². The number of ether oxygens (including phenoxy) is 1. The van der Waals surface area contributed by atoms with Gasteiger partial charge in [0.05, 0.1) is 23.4 Å². The lowest BCUT2D eigenvalue weighted by atomic mass is 9.78. The Morgan fingerprint density at radius 1 is 1.28 bits per heavy atom. The van der Waals surface area contributed by atoms with Crippen molar-refractivity contribution >= 4 is 37.5 Å². The summed E-state index contributed by atoms with van der Waals surface area (Å²) in [6, 6.07) is 5.06. The third kappa shape index (κ3) is 4.22. The van der Waals surface area contributed by atoms with Gasteiger partial charge in [0.2, 0.25) is 0 Å². The van der Waals surface area contributed by atoms with Gasteiger partial charge in [-0.25, -0.2) is 4.79 Å². The largest absolute Gasteiger partial charge is 0.491 e. The van der Waals surface area contributed by atoms with Crippen molar-refractivity contribution in [3.8, 4) is 0 Å². The number of anilines is 1. The molecule has 1 saturated heterocycles. The highest BCUT2D eigenvalue weighted by Gasteiger charge is 2.52. The molecule has 0 aromatic heterocycles. The van der Waals surface area contributed by atoms with E-state index in [1.54, 1.807) is 25.1 Å². The molecule has 0 radical (unpaired) electrons. The molecule has 1 aromatic carbocycles. The zero-order chi connectivity index (χ0) is 18.8. The second kappa shape index (κ2) is 7.44. The minimum Gasteiger partial charge on any atom is -0.462 e. The van der Waals surface area contributed by atoms with Gasteiger partial charge in [-0.3, -0.25) is 0 Å². The van der Waals surface area contributed by atoms with E-state index in [0.717, 1.165) is 5.47 Å². The average molecular weight is 363 g/mol. The molecule has 25 heavy (non-hydrogen) atoms. The van der Waals surface area contributed by atoms with Crippen LogP contribution in [0.4, 0.5) is 5.69 Å². The number of nitrogen functional groups attached to an aromatic ring is 1. The van der Waals surface area contributed by atoms with Gasteiger partial charge in [0.1, 0.15) is 0 Å². The summed E-state index contributed by atoms with van der Waals surface area (Å²) in [6.45, 7) is 10.1. The zero-order valence-electron chi connectivity index (χ0n) is 15.5. The van der Waals surface area contributed by atoms with E-state index < -0.39 is 18.3 Å². The highest BCUT2D eigenvalue weighted by atomic mass is 32.1. The van der Waals surface area contributed by atoms with Crippen molar-refractivity contribution in [3.05, 3.63) is 34.8 Å². The van der Waals surface area contributed by atoms with Gasteiger partial charge in [0, 0.05) is 11.4 Å². The molecule has 1 aromatic rings. The molecule has 0 saturated carbocycles. The third-order valence-electron chi connectivity index (χ3n) is 4.68. The van der Waals surface area contributed by atoms with E-state index in [1.807, 2.05) is 33.8 Å². The second-order valence-corrected chi connectivity index (χ2v) is 7.35. The number of esters is 1. The maximum absolute atomic E-state index is 11.9. The first kappa shape index (κ1) is 19.9. The highest BCUT2D eigenvalue weighted by Crippen LogP contribution is 2.39. The Morgan fingerprint density at radius 3 is 2.40 bits per heavy atom. The Morgan fingerprint density at radius 2 is 1.88 bits per heavy atom. The topological polar surface area (TPSA) is 70.8 Å². The molecule has 0 bridgehead atoms. The number of carbonyl (C=O) groups excluding carboxylic acids is 1. The van der Waals surface area contributed by atoms with Crippen LogP contribution in [0.2, 0.25) is 0 Å². The number of rotatable bonds is 5. The Hall–Kier alpha value is -1.44. The molecule has 1 aliphatic rings. The van der Waals surface area contributed by atoms with Crippen LogP contribution < -0.4 is 5.73 Å². The van der Waals surface area contributed by atoms with Crippen LogP contribution >= 0.6 is 12.6 Å². The fourth-order valence-corrected chi connectivity index (χ4v) is 2.66. The van der Waals surface area contributed by atoms with Gasteiger partial charge in [-0.15, -0.1) is 0 Å². The van der Waals surface area contributed by atoms with Crippen molar-refractivity contribution in [1.82, 2.24) is 0 Å². The third-order valence-corrected chi connectivity index (χ3v) is 5.04. The Labute approximate surface area is 155 Å². The molecule has 2 N–H and O–H groups in total. The maximum atomic E-state index is 11.9. The highest BCUT2D eigenvalue weighted by molar-refractivity contribution is 7.80. The van der Waals surface area contributed by atoms with Gasteiger partial charge in [0.15, 0.2) is 0 Å². The number of nitrogens with two attached hydrogens (primary N) is 1. The summed E-state index contributed by atoms with van der Waals surface area (Å²) in [5.74, 6) is 0.0695. The summed E-state index contributed by atoms with van der Waals surface area (Å²) >= 11 is 4.41. The summed E-state index contributed by atoms with van der Waals surface area (Å²) in [4.78, 5) is 11.9. The van der Waals surface area contributed by atoms with Crippen LogP contribution in [-0.2, 0) is 14.0 Å². The number of carbonyl (C=O) groups is 1. The molecule has 7 heteroatoms. The summed E-state index contributed by atoms with van der Waals surface area (Å²) in [5, 5.41) is 0. The quantitative estimate of drug-likeness (QED) is 0.363. The molecule has 0 amide bonds. The lowest BCUT2D eigenvalue weighted by molar-refractivity contribution is 0.00578. The van der Waals surface area contributed by atoms with Crippen molar-refractivity contribution < 1.29 is 18.8 Å². The van der Waals surface area contributed by atoms with E-state index in [-0.39, 0.29) is 5.97 Å². The average Bonchev–Trinajstić information content (AvgIpc) is 2.74. The van der Waals surface area contributed by atoms with E-state index in [1.165, 1.54) is 0 Å². The molecular weight excluding hydrogens is 337 g/mol. The number of thiol groups is 1. The molecule has 5 nitrogen and oxygen atoms in total. The monoisotopic (exact) mass is 363 g/mol. The maximum Gasteiger partial charge on any atom is 0.491 e. The second-order valence-electron chi connectivity index (χ2n) is 7.03. The van der Waals surface area contributed by atoms with Gasteiger partial charge in [-0.2, -0.15) is 12.6 Å². The predicted octanol–water partition coefficient (Wildman–Crippen LogP) is 3.39. The van der Waals surface area contributed by atoms with Crippen LogP contribution in [0.25, 0.3) is 6.08 Å². The van der Waals surface area contributed by atoms with Gasteiger partial charge in [-0.05, 0) is 63.9 Å². The minimum atomic E-state index is -0.506. The molecule has 2 rings (SSSR count). The van der Waals surface area contributed by atoms with Crippen molar-refractivity contribution in [2.45, 2.75) is 45.8 Å². The Balaban J connectivity index is 2.34. The molecule has 0 unspecified atom stereocenters. The van der Waals surface area contributed by atoms with Crippen LogP contribution in [0.15, 0.2) is 23.7 Å². The van der Waals surface area contributed by atoms with E-state index >= 15 is 0 Å². The molecule has 1 heterocycles. The van der Waals surface area contributed by atoms with Crippen LogP contribution in [0.1, 0.15) is 50.5 Å². The number of hydrogen-bond acceptors (Lipinski definition) is 6. The van der Waals surface area contributed by atoms with Gasteiger partial charge in [-0.1, -0.05) is 6.08 Å². The molecule has 0 spiro atoms. The smallest absolute Gasteiger partial charge is 0.462 e. The Bertz CT molecular complexity index is 672. The van der Waals surface area contributed by atoms with Gasteiger partial charge in [0.25, 0.3) is 0 Å². The normalized spacial score (nSPS) is 19.1. The van der Waals surface area contributed by atoms with Crippen molar-refractivity contribution in [2.24, 2.45) is 0 Å². The number of hydrogen-bond donors (Lipinski definition) is 2. The van der Waals surface area contributed by atoms with Crippen molar-refractivity contribution in [2.75, 3.05) is 18.1 Å². The molecule has 0 atom stereocenters. The standard InChI is InChI=1S/C18H26BNO4S/c1-6-22-16(21)12-7-8-15(20)13(9-12)10-14(11-25)19-23-17(2,3)18(4,5)24-19/h7-10,25H,6,11,20H2,1-5H3. The first-order chi connectivity index (χ1) is 11.6. The summed E-state index contributed by atoms with van der Waals surface area (Å²) < 4.78 is 17.2. The lowest BCUT2D eigenvalue weighted by Gasteiger charge is -2.32. The zero-order valence-corrected chi connectivity index (χ0v) is 16.4. The fourth-order valence-electron chi connectivity index (χ4n) is 2.42. The lowest BCUT2D eigenvalue weighted by Crippen LogP contribution is -2.41. The van der Waals surface area contributed by atoms with E-state index in [4.69, 9.17) is 19.8 Å². The van der Waals surface area contributed by atoms with Crippen LogP contribution in [-0.4, -0.2) is 36.6 Å². The summed E-state index contributed by atoms with van der Waals surface area (Å²) in [6.07, 6.45) is 1.87. The van der Waals surface area contributed by atoms with E-state index in [9.17, 15) is 4.79 Å². The first-order valence-corrected chi connectivity index (χ1v) is 8.98. The fraction of sp³-hybridized carbons (Fsp3) is 0.500. The molecule has 0 aliphatic carbocycles. The first-order valence-electron chi connectivity index (χ1n) is 8.35. The minimum absolute atomic E-state index is 0.324. The van der Waals surface area contributed by atoms with Crippen molar-refractivity contribution in [3.63, 3.8) is 0 Å². The predicted molar refractivity (Wildman–Crippen MR) is 105 cm³/mol. The molecule has 1 aliphatic heterocycles. The van der Waals surface area contributed by atoms with E-state index in [0.29, 0.717) is 29.2 Å². The van der Waals surface area contributed by atoms with Crippen LogP contribution in [0.3, 0.4) is 0 Å². The van der Waals surface area contributed by atoms with Gasteiger partial charge >= 0.3 is 13.1 Å². The molecule has 136 valence electrons. The molecular formula is C18H26BNO4S. The Kier molecular flexibility index (Phi) is 5.91. The SMILES string of the molecule is CCOC(=O)c1ccc(N)c(C=C(CS)B2OC(C)(C)C(C)(C)O2)c1. The van der Waals surface area contributed by atoms with Crippen LogP contribution in [0, 0.1) is 0 Å². The van der Waals surface area contributed by atoms with Gasteiger partial charge < -0.3 is 19.8 Å². The molecule has 1 fully saturated rings. The summed E-state index contributed by atoms with van der Waals surface area (Å²) in [5.41, 5.74) is 7.77. The van der Waals surface area contributed by atoms with Crippen molar-refractivity contribution in [1.29, 1.82) is 0 Å². The number of benzene rings is 1. The summed E-state index contributed by atoms with van der Waals surface area (Å²) in [7, 11) is -0.506.